The van der Waals surface area contributed by atoms with Crippen LogP contribution in [0.1, 0.15) is 18.1 Å². The lowest BCUT2D eigenvalue weighted by Crippen LogP contribution is -2.54. The zero-order chi connectivity index (χ0) is 28.1. The number of phenols is 1. The van der Waals surface area contributed by atoms with Gasteiger partial charge in [-0.1, -0.05) is 23.7 Å². The van der Waals surface area contributed by atoms with Crippen molar-refractivity contribution in [1.82, 2.24) is 5.32 Å². The van der Waals surface area contributed by atoms with Gasteiger partial charge < -0.3 is 19.9 Å². The summed E-state index contributed by atoms with van der Waals surface area (Å²) < 4.78 is 11.3. The van der Waals surface area contributed by atoms with Crippen molar-refractivity contribution >= 4 is 52.8 Å². The summed E-state index contributed by atoms with van der Waals surface area (Å²) >= 11 is 6.10. The Kier molecular flexibility index (Phi) is 8.16. The smallest absolute Gasteiger partial charge is 0.335 e. The molecule has 0 spiro atoms. The van der Waals surface area contributed by atoms with Crippen LogP contribution in [0.25, 0.3) is 6.08 Å². The van der Waals surface area contributed by atoms with Gasteiger partial charge in [-0.15, -0.1) is 0 Å². The van der Waals surface area contributed by atoms with Gasteiger partial charge in [-0.3, -0.25) is 19.7 Å². The molecule has 200 valence electrons. The summed E-state index contributed by atoms with van der Waals surface area (Å²) in [5.74, 6) is -1.58. The van der Waals surface area contributed by atoms with E-state index in [1.807, 2.05) is 6.92 Å². The highest BCUT2D eigenvalue weighted by Crippen LogP contribution is 2.31. The van der Waals surface area contributed by atoms with Crippen LogP contribution in [0, 0.1) is 6.92 Å². The fourth-order valence-corrected chi connectivity index (χ4v) is 3.85. The Morgan fingerprint density at radius 2 is 1.77 bits per heavy atom. The summed E-state index contributed by atoms with van der Waals surface area (Å²) in [6.45, 7) is 3.60. The Labute approximate surface area is 228 Å². The average Bonchev–Trinajstić information content (AvgIpc) is 2.89. The van der Waals surface area contributed by atoms with E-state index >= 15 is 0 Å². The number of carbonyl (C=O) groups excluding carboxylic acids is 4. The van der Waals surface area contributed by atoms with Crippen LogP contribution in [0.4, 0.5) is 16.2 Å². The number of urea groups is 1. The van der Waals surface area contributed by atoms with Gasteiger partial charge in [0.15, 0.2) is 18.1 Å². The number of ether oxygens (including phenoxy) is 2. The maximum absolute atomic E-state index is 13.1. The number of imide groups is 2. The molecule has 5 amide bonds. The first-order valence-corrected chi connectivity index (χ1v) is 12.2. The molecule has 1 aliphatic rings. The Morgan fingerprint density at radius 1 is 1.03 bits per heavy atom. The molecule has 3 aromatic rings. The van der Waals surface area contributed by atoms with E-state index in [1.54, 1.807) is 43.3 Å². The van der Waals surface area contributed by atoms with Gasteiger partial charge in [-0.2, -0.15) is 0 Å². The number of phenolic OH excluding ortho intramolecular Hbond substituents is 1. The first-order chi connectivity index (χ1) is 18.7. The fourth-order valence-electron chi connectivity index (χ4n) is 3.67. The summed E-state index contributed by atoms with van der Waals surface area (Å²) in [7, 11) is 0. The third kappa shape index (κ3) is 6.36. The monoisotopic (exact) mass is 549 g/mol. The molecule has 0 aliphatic carbocycles. The second kappa shape index (κ2) is 11.7. The van der Waals surface area contributed by atoms with Crippen molar-refractivity contribution in [2.45, 2.75) is 13.8 Å². The predicted molar refractivity (Wildman–Crippen MR) is 145 cm³/mol. The van der Waals surface area contributed by atoms with Gasteiger partial charge in [-0.05, 0) is 79.6 Å². The van der Waals surface area contributed by atoms with Crippen LogP contribution < -0.4 is 25.0 Å². The minimum absolute atomic E-state index is 0.0433. The lowest BCUT2D eigenvalue weighted by molar-refractivity contribution is -0.122. The molecule has 4 rings (SSSR count). The number of nitrogens with one attached hydrogen (secondary N) is 2. The quantitative estimate of drug-likeness (QED) is 0.279. The minimum atomic E-state index is -0.905. The zero-order valence-corrected chi connectivity index (χ0v) is 21.7. The highest BCUT2D eigenvalue weighted by molar-refractivity contribution is 6.39. The molecule has 1 saturated heterocycles. The molecule has 0 atom stereocenters. The van der Waals surface area contributed by atoms with E-state index in [0.29, 0.717) is 16.3 Å². The zero-order valence-electron chi connectivity index (χ0n) is 21.0. The van der Waals surface area contributed by atoms with Gasteiger partial charge in [-0.25, -0.2) is 9.69 Å². The Morgan fingerprint density at radius 3 is 2.46 bits per heavy atom. The van der Waals surface area contributed by atoms with E-state index < -0.39 is 23.8 Å². The molecular weight excluding hydrogens is 526 g/mol. The van der Waals surface area contributed by atoms with Crippen molar-refractivity contribution in [2.75, 3.05) is 23.4 Å². The number of aryl methyl sites for hydroxylation is 1. The highest BCUT2D eigenvalue weighted by atomic mass is 35.5. The number of amides is 5. The number of halogens is 1. The molecule has 1 fully saturated rings. The minimum Gasteiger partial charge on any atom is -0.508 e. The lowest BCUT2D eigenvalue weighted by Gasteiger charge is -2.26. The van der Waals surface area contributed by atoms with Crippen molar-refractivity contribution in [2.24, 2.45) is 0 Å². The third-order valence-corrected chi connectivity index (χ3v) is 6.01. The summed E-state index contributed by atoms with van der Waals surface area (Å²) in [5.41, 5.74) is 1.73. The van der Waals surface area contributed by atoms with Gasteiger partial charge in [0, 0.05) is 10.7 Å². The van der Waals surface area contributed by atoms with Crippen molar-refractivity contribution in [3.8, 4) is 17.2 Å². The average molecular weight is 550 g/mol. The summed E-state index contributed by atoms with van der Waals surface area (Å²) in [5, 5.41) is 14.9. The number of nitrogens with zero attached hydrogens (tertiary/aromatic N) is 1. The largest absolute Gasteiger partial charge is 0.508 e. The van der Waals surface area contributed by atoms with E-state index in [-0.39, 0.29) is 41.7 Å². The molecule has 39 heavy (non-hydrogen) atoms. The molecule has 10 nitrogen and oxygen atoms in total. The summed E-state index contributed by atoms with van der Waals surface area (Å²) in [6, 6.07) is 14.3. The summed E-state index contributed by atoms with van der Waals surface area (Å²) in [4.78, 5) is 51.1. The van der Waals surface area contributed by atoms with Crippen molar-refractivity contribution in [3.63, 3.8) is 0 Å². The van der Waals surface area contributed by atoms with Crippen LogP contribution >= 0.6 is 11.6 Å². The molecule has 0 unspecified atom stereocenters. The number of barbiturate groups is 1. The molecule has 1 heterocycles. The number of hydrogen-bond acceptors (Lipinski definition) is 7. The fraction of sp³-hybridized carbons (Fsp3) is 0.143. The van der Waals surface area contributed by atoms with Gasteiger partial charge in [0.25, 0.3) is 17.7 Å². The van der Waals surface area contributed by atoms with Crippen LogP contribution in [-0.4, -0.2) is 42.1 Å². The van der Waals surface area contributed by atoms with Crippen LogP contribution in [0.15, 0.2) is 66.2 Å². The standard InChI is InChI=1S/C28H24ClN3O7/c1-3-38-24-13-17(5-11-23(24)39-15-25(34)30-18-6-4-16(2)22(29)14-18)12-21-26(35)31-28(37)32(27(21)36)19-7-9-20(33)10-8-19/h4-14,33H,3,15H2,1-2H3,(H,30,34)(H,31,35,37)/b21-12-. The van der Waals surface area contributed by atoms with Crippen molar-refractivity contribution < 1.29 is 33.8 Å². The van der Waals surface area contributed by atoms with Crippen LogP contribution in [0.2, 0.25) is 5.02 Å². The molecule has 1 aliphatic heterocycles. The molecule has 0 bridgehead atoms. The Hall–Kier alpha value is -4.83. The first kappa shape index (κ1) is 27.2. The molecule has 3 N–H and O–H groups in total. The third-order valence-electron chi connectivity index (χ3n) is 5.60. The van der Waals surface area contributed by atoms with Gasteiger partial charge in [0.1, 0.15) is 11.3 Å². The number of aromatic hydroxyl groups is 1. The topological polar surface area (TPSA) is 134 Å². The Balaban J connectivity index is 1.52. The number of benzene rings is 3. The van der Waals surface area contributed by atoms with Crippen LogP contribution in [-0.2, 0) is 14.4 Å². The van der Waals surface area contributed by atoms with Crippen LogP contribution in [0.5, 0.6) is 17.2 Å². The van der Waals surface area contributed by atoms with Gasteiger partial charge in [0.2, 0.25) is 0 Å². The molecule has 3 aromatic carbocycles. The SMILES string of the molecule is CCOc1cc(/C=C2/C(=O)NC(=O)N(c3ccc(O)cc3)C2=O)ccc1OCC(=O)Nc1ccc(C)c(Cl)c1. The maximum Gasteiger partial charge on any atom is 0.335 e. The van der Waals surface area contributed by atoms with E-state index in [9.17, 15) is 24.3 Å². The Bertz CT molecular complexity index is 1480. The molecule has 11 heteroatoms. The number of anilines is 2. The molecule has 0 saturated carbocycles. The van der Waals surface area contributed by atoms with Crippen molar-refractivity contribution in [3.05, 3.63) is 82.4 Å². The number of hydrogen-bond donors (Lipinski definition) is 3. The van der Waals surface area contributed by atoms with Gasteiger partial charge in [0.05, 0.1) is 12.3 Å². The first-order valence-electron chi connectivity index (χ1n) is 11.8. The van der Waals surface area contributed by atoms with E-state index in [1.165, 1.54) is 30.3 Å². The van der Waals surface area contributed by atoms with E-state index in [0.717, 1.165) is 10.5 Å². The van der Waals surface area contributed by atoms with E-state index in [4.69, 9.17) is 21.1 Å². The molecular formula is C28H24ClN3O7. The van der Waals surface area contributed by atoms with Gasteiger partial charge >= 0.3 is 6.03 Å². The van der Waals surface area contributed by atoms with Crippen molar-refractivity contribution in [1.29, 1.82) is 0 Å². The molecule has 0 radical (unpaired) electrons. The predicted octanol–water partition coefficient (Wildman–Crippen LogP) is 4.44. The maximum atomic E-state index is 13.1. The van der Waals surface area contributed by atoms with E-state index in [2.05, 4.69) is 10.6 Å². The second-order valence-electron chi connectivity index (χ2n) is 8.41. The van der Waals surface area contributed by atoms with Crippen LogP contribution in [0.3, 0.4) is 0 Å². The number of rotatable bonds is 8. The molecule has 0 aromatic heterocycles. The number of carbonyl (C=O) groups is 4. The highest BCUT2D eigenvalue weighted by Gasteiger charge is 2.36. The summed E-state index contributed by atoms with van der Waals surface area (Å²) in [6.07, 6.45) is 1.32. The normalized spacial score (nSPS) is 14.3. The second-order valence-corrected chi connectivity index (χ2v) is 8.82. The lowest BCUT2D eigenvalue weighted by atomic mass is 10.1.